The van der Waals surface area contributed by atoms with E-state index in [9.17, 15) is 9.18 Å². The number of nitrogens with two attached hydrogens (primary N) is 1. The van der Waals surface area contributed by atoms with Gasteiger partial charge in [-0.2, -0.15) is 5.26 Å². The number of anilines is 3. The van der Waals surface area contributed by atoms with Crippen LogP contribution in [0.25, 0.3) is 0 Å². The van der Waals surface area contributed by atoms with Gasteiger partial charge in [-0.3, -0.25) is 0 Å². The molecule has 2 heterocycles. The molecule has 1 aliphatic rings. The van der Waals surface area contributed by atoms with Gasteiger partial charge in [-0.15, -0.1) is 0 Å². The number of halogens is 1. The highest BCUT2D eigenvalue weighted by Gasteiger charge is 2.27. The molecular formula is C17H18FN7O. The number of urea groups is 1. The van der Waals surface area contributed by atoms with Gasteiger partial charge in [0.15, 0.2) is 17.3 Å². The third-order valence-corrected chi connectivity index (χ3v) is 4.10. The molecule has 1 aromatic heterocycles. The molecule has 26 heavy (non-hydrogen) atoms. The second-order valence-electron chi connectivity index (χ2n) is 6.02. The van der Waals surface area contributed by atoms with Crippen molar-refractivity contribution in [2.45, 2.75) is 19.4 Å². The monoisotopic (exact) mass is 355 g/mol. The van der Waals surface area contributed by atoms with Crippen LogP contribution in [0.3, 0.4) is 0 Å². The van der Waals surface area contributed by atoms with E-state index in [1.807, 2.05) is 11.0 Å². The summed E-state index contributed by atoms with van der Waals surface area (Å²) < 4.78 is 12.9. The highest BCUT2D eigenvalue weighted by molar-refractivity contribution is 5.89. The van der Waals surface area contributed by atoms with Gasteiger partial charge in [0.25, 0.3) is 0 Å². The van der Waals surface area contributed by atoms with Crippen LogP contribution in [0.2, 0.25) is 0 Å². The van der Waals surface area contributed by atoms with Gasteiger partial charge in [0.05, 0.1) is 5.69 Å². The highest BCUT2D eigenvalue weighted by Crippen LogP contribution is 2.23. The molecule has 2 aromatic rings. The number of hydrogen-bond donors (Lipinski definition) is 3. The lowest BCUT2D eigenvalue weighted by Gasteiger charge is -2.20. The third kappa shape index (κ3) is 3.80. The Hall–Kier alpha value is -3.41. The lowest BCUT2D eigenvalue weighted by atomic mass is 10.2. The van der Waals surface area contributed by atoms with E-state index in [4.69, 9.17) is 11.0 Å². The maximum atomic E-state index is 12.9. The van der Waals surface area contributed by atoms with Crippen LogP contribution >= 0.6 is 0 Å². The van der Waals surface area contributed by atoms with Gasteiger partial charge in [-0.25, -0.2) is 19.2 Å². The zero-order chi connectivity index (χ0) is 18.7. The predicted octanol–water partition coefficient (Wildman–Crippen LogP) is 1.78. The summed E-state index contributed by atoms with van der Waals surface area (Å²) in [5.41, 5.74) is 6.99. The Bertz CT molecular complexity index is 863. The van der Waals surface area contributed by atoms with Crippen molar-refractivity contribution in [3.05, 3.63) is 41.5 Å². The van der Waals surface area contributed by atoms with Crippen LogP contribution in [0.4, 0.5) is 26.5 Å². The van der Waals surface area contributed by atoms with Crippen molar-refractivity contribution in [2.24, 2.45) is 0 Å². The van der Waals surface area contributed by atoms with Crippen LogP contribution in [0.1, 0.15) is 17.8 Å². The molecule has 4 N–H and O–H groups in total. The SMILES string of the molecule is Cc1nc(C#N)c(N)nc1N1CCC(NC(=O)Nc2ccc(F)cc2)C1. The van der Waals surface area contributed by atoms with Crippen molar-refractivity contribution in [1.29, 1.82) is 5.26 Å². The smallest absolute Gasteiger partial charge is 0.319 e. The van der Waals surface area contributed by atoms with Crippen LogP contribution < -0.4 is 21.3 Å². The first-order valence-electron chi connectivity index (χ1n) is 8.08. The van der Waals surface area contributed by atoms with Crippen LogP contribution in [-0.2, 0) is 0 Å². The summed E-state index contributed by atoms with van der Waals surface area (Å²) in [4.78, 5) is 22.5. The first-order chi connectivity index (χ1) is 12.5. The molecule has 1 atom stereocenters. The van der Waals surface area contributed by atoms with Crippen molar-refractivity contribution in [1.82, 2.24) is 15.3 Å². The molecule has 1 saturated heterocycles. The molecule has 0 spiro atoms. The number of benzene rings is 1. The molecule has 8 nitrogen and oxygen atoms in total. The number of rotatable bonds is 3. The van der Waals surface area contributed by atoms with Crippen molar-refractivity contribution >= 4 is 23.4 Å². The van der Waals surface area contributed by atoms with E-state index in [1.165, 1.54) is 24.3 Å². The van der Waals surface area contributed by atoms with Crippen molar-refractivity contribution in [2.75, 3.05) is 29.0 Å². The highest BCUT2D eigenvalue weighted by atomic mass is 19.1. The summed E-state index contributed by atoms with van der Waals surface area (Å²) >= 11 is 0. The van der Waals surface area contributed by atoms with Gasteiger partial charge in [-0.1, -0.05) is 0 Å². The predicted molar refractivity (Wildman–Crippen MR) is 95.1 cm³/mol. The summed E-state index contributed by atoms with van der Waals surface area (Å²) in [5.74, 6) is 0.351. The molecule has 0 radical (unpaired) electrons. The molecular weight excluding hydrogens is 337 g/mol. The Kier molecular flexibility index (Phi) is 4.84. The first-order valence-corrected chi connectivity index (χ1v) is 8.08. The van der Waals surface area contributed by atoms with Gasteiger partial charge in [0, 0.05) is 24.8 Å². The summed E-state index contributed by atoms with van der Waals surface area (Å²) in [6.45, 7) is 3.00. The fourth-order valence-electron chi connectivity index (χ4n) is 2.86. The van der Waals surface area contributed by atoms with Gasteiger partial charge in [-0.05, 0) is 37.6 Å². The van der Waals surface area contributed by atoms with Crippen LogP contribution in [0.15, 0.2) is 24.3 Å². The number of aromatic nitrogens is 2. The molecule has 0 bridgehead atoms. The third-order valence-electron chi connectivity index (χ3n) is 4.10. The summed E-state index contributed by atoms with van der Waals surface area (Å²) in [6, 6.07) is 7.03. The number of nitrogen functional groups attached to an aromatic ring is 1. The molecule has 1 aliphatic heterocycles. The molecule has 0 aliphatic carbocycles. The molecule has 1 aromatic carbocycles. The summed E-state index contributed by atoms with van der Waals surface area (Å²) in [6.07, 6.45) is 0.734. The molecule has 134 valence electrons. The average Bonchev–Trinajstić information content (AvgIpc) is 3.06. The average molecular weight is 355 g/mol. The minimum Gasteiger partial charge on any atom is -0.381 e. The summed E-state index contributed by atoms with van der Waals surface area (Å²) in [5, 5.41) is 14.5. The molecule has 3 rings (SSSR count). The maximum Gasteiger partial charge on any atom is 0.319 e. The number of aryl methyl sites for hydroxylation is 1. The Morgan fingerprint density at radius 1 is 1.38 bits per heavy atom. The van der Waals surface area contributed by atoms with E-state index in [0.29, 0.717) is 30.3 Å². The zero-order valence-electron chi connectivity index (χ0n) is 14.2. The largest absolute Gasteiger partial charge is 0.381 e. The number of amides is 2. The van der Waals surface area contributed by atoms with Gasteiger partial charge in [0.2, 0.25) is 0 Å². The van der Waals surface area contributed by atoms with Crippen molar-refractivity contribution < 1.29 is 9.18 Å². The van der Waals surface area contributed by atoms with E-state index in [2.05, 4.69) is 20.6 Å². The lowest BCUT2D eigenvalue weighted by Crippen LogP contribution is -2.40. The Labute approximate surface area is 149 Å². The molecule has 1 fully saturated rings. The van der Waals surface area contributed by atoms with E-state index < -0.39 is 0 Å². The standard InChI is InChI=1S/C17H18FN7O/c1-10-16(24-15(20)14(8-19)21-10)25-7-6-13(9-25)23-17(26)22-12-4-2-11(18)3-5-12/h2-5,13H,6-7,9H2,1H3,(H2,20,24)(H2,22,23,26). The van der Waals surface area contributed by atoms with Crippen molar-refractivity contribution in [3.8, 4) is 6.07 Å². The van der Waals surface area contributed by atoms with Crippen LogP contribution in [0.5, 0.6) is 0 Å². The Morgan fingerprint density at radius 3 is 2.81 bits per heavy atom. The zero-order valence-corrected chi connectivity index (χ0v) is 14.2. The second-order valence-corrected chi connectivity index (χ2v) is 6.02. The van der Waals surface area contributed by atoms with Gasteiger partial charge in [0.1, 0.15) is 11.9 Å². The molecule has 0 saturated carbocycles. The topological polar surface area (TPSA) is 120 Å². The number of carbonyl (C=O) groups is 1. The maximum absolute atomic E-state index is 12.9. The van der Waals surface area contributed by atoms with Crippen LogP contribution in [0, 0.1) is 24.1 Å². The second kappa shape index (κ2) is 7.23. The van der Waals surface area contributed by atoms with E-state index >= 15 is 0 Å². The van der Waals surface area contributed by atoms with Gasteiger partial charge >= 0.3 is 6.03 Å². The van der Waals surface area contributed by atoms with Crippen molar-refractivity contribution in [3.63, 3.8) is 0 Å². The fraction of sp³-hybridized carbons (Fsp3) is 0.294. The first kappa shape index (κ1) is 17.4. The quantitative estimate of drug-likeness (QED) is 0.772. The number of carbonyl (C=O) groups excluding carboxylic acids is 1. The molecule has 1 unspecified atom stereocenters. The number of nitriles is 1. The van der Waals surface area contributed by atoms with E-state index in [1.54, 1.807) is 6.92 Å². The number of nitrogens with zero attached hydrogens (tertiary/aromatic N) is 4. The Morgan fingerprint density at radius 2 is 2.12 bits per heavy atom. The minimum atomic E-state index is -0.361. The fourth-order valence-corrected chi connectivity index (χ4v) is 2.86. The molecule has 2 amide bonds. The van der Waals surface area contributed by atoms with E-state index in [0.717, 1.165) is 6.42 Å². The van der Waals surface area contributed by atoms with E-state index in [-0.39, 0.29) is 29.4 Å². The molecule has 9 heteroatoms. The number of hydrogen-bond acceptors (Lipinski definition) is 6. The number of nitrogens with one attached hydrogen (secondary N) is 2. The Balaban J connectivity index is 1.60. The normalized spacial score (nSPS) is 16.2. The van der Waals surface area contributed by atoms with Gasteiger partial charge < -0.3 is 21.3 Å². The van der Waals surface area contributed by atoms with Crippen LogP contribution in [-0.4, -0.2) is 35.1 Å². The minimum absolute atomic E-state index is 0.0754. The summed E-state index contributed by atoms with van der Waals surface area (Å²) in [7, 11) is 0. The lowest BCUT2D eigenvalue weighted by molar-refractivity contribution is 0.249.